The highest BCUT2D eigenvalue weighted by atomic mass is 32.2. The number of carbonyl (C=O) groups excluding carboxylic acids is 2. The summed E-state index contributed by atoms with van der Waals surface area (Å²) in [6.07, 6.45) is 2.65. The number of nitrogens with zero attached hydrogens (tertiary/aromatic N) is 2. The predicted molar refractivity (Wildman–Crippen MR) is 159 cm³/mol. The lowest BCUT2D eigenvalue weighted by molar-refractivity contribution is -0.141. The van der Waals surface area contributed by atoms with Crippen LogP contribution in [0, 0.1) is 6.92 Å². The van der Waals surface area contributed by atoms with Crippen molar-refractivity contribution in [1.82, 2.24) is 14.5 Å². The Labute approximate surface area is 239 Å². The molecule has 0 radical (unpaired) electrons. The third-order valence-electron chi connectivity index (χ3n) is 6.85. The zero-order valence-electron chi connectivity index (χ0n) is 23.8. The molecule has 0 fully saturated rings. The molecule has 0 saturated heterocycles. The molecule has 1 atom stereocenters. The maximum absolute atomic E-state index is 13.8. The van der Waals surface area contributed by atoms with Gasteiger partial charge in [0.25, 0.3) is 0 Å². The monoisotopic (exact) mass is 563 g/mol. The molecule has 1 N–H and O–H groups in total. The van der Waals surface area contributed by atoms with Crippen LogP contribution in [-0.4, -0.2) is 55.6 Å². The van der Waals surface area contributed by atoms with Crippen LogP contribution in [0.5, 0.6) is 0 Å². The largest absolute Gasteiger partial charge is 0.354 e. The molecule has 3 aromatic rings. The maximum Gasteiger partial charge on any atom is 0.243 e. The molecule has 7 nitrogen and oxygen atoms in total. The van der Waals surface area contributed by atoms with E-state index in [2.05, 4.69) is 12.2 Å². The van der Waals surface area contributed by atoms with Gasteiger partial charge in [-0.05, 0) is 43.0 Å². The number of aryl methyl sites for hydroxylation is 1. The van der Waals surface area contributed by atoms with Gasteiger partial charge in [0.15, 0.2) is 0 Å². The molecule has 0 bridgehead atoms. The first-order chi connectivity index (χ1) is 19.2. The summed E-state index contributed by atoms with van der Waals surface area (Å²) in [5, 5.41) is 3.03. The fraction of sp³-hybridized carbons (Fsp3) is 0.375. The molecular formula is C32H41N3O4S. The van der Waals surface area contributed by atoms with Gasteiger partial charge in [0.2, 0.25) is 21.8 Å². The molecule has 0 aromatic heterocycles. The van der Waals surface area contributed by atoms with E-state index in [0.717, 1.165) is 29.5 Å². The fourth-order valence-electron chi connectivity index (χ4n) is 4.56. The van der Waals surface area contributed by atoms with Crippen molar-refractivity contribution in [2.75, 3.05) is 20.1 Å². The summed E-state index contributed by atoms with van der Waals surface area (Å²) in [5.41, 5.74) is 2.98. The summed E-state index contributed by atoms with van der Waals surface area (Å²) in [5.74, 6) is -0.360. The Bertz CT molecular complexity index is 1330. The number of benzene rings is 3. The maximum atomic E-state index is 13.8. The van der Waals surface area contributed by atoms with Crippen molar-refractivity contribution in [3.05, 3.63) is 102 Å². The van der Waals surface area contributed by atoms with Crippen molar-refractivity contribution in [2.45, 2.75) is 63.4 Å². The average Bonchev–Trinajstić information content (AvgIpc) is 2.95. The number of unbranched alkanes of at least 4 members (excludes halogenated alkanes) is 1. The third kappa shape index (κ3) is 9.03. The number of nitrogens with one attached hydrogen (secondary N) is 1. The van der Waals surface area contributed by atoms with E-state index in [1.54, 1.807) is 35.2 Å². The molecule has 3 rings (SSSR count). The Kier molecular flexibility index (Phi) is 11.9. The summed E-state index contributed by atoms with van der Waals surface area (Å²) in [7, 11) is -2.12. The summed E-state index contributed by atoms with van der Waals surface area (Å²) >= 11 is 0. The zero-order valence-corrected chi connectivity index (χ0v) is 24.6. The van der Waals surface area contributed by atoms with E-state index in [1.165, 1.54) is 11.4 Å². The Morgan fingerprint density at radius 1 is 0.875 bits per heavy atom. The van der Waals surface area contributed by atoms with E-state index in [4.69, 9.17) is 0 Å². The van der Waals surface area contributed by atoms with Crippen LogP contribution in [0.25, 0.3) is 0 Å². The van der Waals surface area contributed by atoms with Gasteiger partial charge in [-0.15, -0.1) is 0 Å². The summed E-state index contributed by atoms with van der Waals surface area (Å²) in [6.45, 7) is 5.09. The molecule has 214 valence electrons. The van der Waals surface area contributed by atoms with Gasteiger partial charge in [0.1, 0.15) is 6.04 Å². The van der Waals surface area contributed by atoms with Crippen LogP contribution in [0.4, 0.5) is 0 Å². The molecule has 0 heterocycles. The minimum Gasteiger partial charge on any atom is -0.354 e. The van der Waals surface area contributed by atoms with Crippen molar-refractivity contribution in [2.24, 2.45) is 0 Å². The second-order valence-corrected chi connectivity index (χ2v) is 12.1. The number of rotatable bonds is 15. The van der Waals surface area contributed by atoms with Crippen LogP contribution in [0.2, 0.25) is 0 Å². The first-order valence-corrected chi connectivity index (χ1v) is 15.3. The van der Waals surface area contributed by atoms with Gasteiger partial charge >= 0.3 is 0 Å². The highest BCUT2D eigenvalue weighted by Gasteiger charge is 2.30. The van der Waals surface area contributed by atoms with E-state index in [0.29, 0.717) is 19.4 Å². The van der Waals surface area contributed by atoms with Gasteiger partial charge in [0, 0.05) is 39.5 Å². The number of sulfonamides is 1. The van der Waals surface area contributed by atoms with Gasteiger partial charge < -0.3 is 10.2 Å². The van der Waals surface area contributed by atoms with Gasteiger partial charge in [-0.2, -0.15) is 0 Å². The minimum atomic E-state index is -3.65. The molecule has 0 spiro atoms. The molecule has 0 aliphatic heterocycles. The Morgan fingerprint density at radius 2 is 1.52 bits per heavy atom. The number of hydrogen-bond donors (Lipinski definition) is 1. The zero-order chi connectivity index (χ0) is 29.0. The second kappa shape index (κ2) is 15.3. The lowest BCUT2D eigenvalue weighted by Crippen LogP contribution is -2.50. The number of hydrogen-bond acceptors (Lipinski definition) is 4. The Hall–Kier alpha value is -3.49. The van der Waals surface area contributed by atoms with Crippen LogP contribution in [0.3, 0.4) is 0 Å². The van der Waals surface area contributed by atoms with Gasteiger partial charge in [-0.25, -0.2) is 12.7 Å². The topological polar surface area (TPSA) is 86.8 Å². The molecule has 0 aliphatic carbocycles. The second-order valence-electron chi connectivity index (χ2n) is 10.1. The van der Waals surface area contributed by atoms with Crippen molar-refractivity contribution < 1.29 is 18.0 Å². The van der Waals surface area contributed by atoms with E-state index in [9.17, 15) is 18.0 Å². The summed E-state index contributed by atoms with van der Waals surface area (Å²) in [6, 6.07) is 25.2. The quantitative estimate of drug-likeness (QED) is 0.265. The van der Waals surface area contributed by atoms with E-state index >= 15 is 0 Å². The van der Waals surface area contributed by atoms with Crippen LogP contribution in [0.15, 0.2) is 89.8 Å². The molecule has 1 unspecified atom stereocenters. The van der Waals surface area contributed by atoms with Gasteiger partial charge in [0.05, 0.1) is 4.90 Å². The first-order valence-electron chi connectivity index (χ1n) is 13.9. The highest BCUT2D eigenvalue weighted by molar-refractivity contribution is 7.89. The van der Waals surface area contributed by atoms with Gasteiger partial charge in [-0.3, -0.25) is 9.59 Å². The van der Waals surface area contributed by atoms with Crippen LogP contribution in [-0.2, 0) is 32.6 Å². The van der Waals surface area contributed by atoms with Crippen LogP contribution < -0.4 is 5.32 Å². The highest BCUT2D eigenvalue weighted by Crippen LogP contribution is 2.19. The third-order valence-corrected chi connectivity index (χ3v) is 8.72. The molecule has 8 heteroatoms. The lowest BCUT2D eigenvalue weighted by atomic mass is 10.0. The Morgan fingerprint density at radius 3 is 2.17 bits per heavy atom. The number of amides is 2. The molecule has 3 aromatic carbocycles. The van der Waals surface area contributed by atoms with Crippen molar-refractivity contribution in [3.63, 3.8) is 0 Å². The SMILES string of the molecule is CCCCNC(=O)C(Cc1ccccc1)N(Cc1cccc(C)c1)C(=O)CCCN(C)S(=O)(=O)c1ccccc1. The van der Waals surface area contributed by atoms with Crippen molar-refractivity contribution in [3.8, 4) is 0 Å². The minimum absolute atomic E-state index is 0.119. The standard InChI is InChI=1S/C32H41N3O4S/c1-4-5-21-33-32(37)30(24-27-15-8-6-9-16-27)35(25-28-17-12-14-26(2)23-28)31(36)20-13-22-34(3)40(38,39)29-18-10-7-11-19-29/h6-12,14-19,23,30H,4-5,13,20-22,24-25H2,1-3H3,(H,33,37). The molecule has 2 amide bonds. The van der Waals surface area contributed by atoms with E-state index < -0.39 is 16.1 Å². The van der Waals surface area contributed by atoms with E-state index in [1.807, 2.05) is 61.5 Å². The Balaban J connectivity index is 1.81. The summed E-state index contributed by atoms with van der Waals surface area (Å²) in [4.78, 5) is 29.2. The number of carbonyl (C=O) groups is 2. The first kappa shape index (κ1) is 31.0. The van der Waals surface area contributed by atoms with E-state index in [-0.39, 0.29) is 36.2 Å². The average molecular weight is 564 g/mol. The van der Waals surface area contributed by atoms with Gasteiger partial charge in [-0.1, -0.05) is 91.7 Å². The van der Waals surface area contributed by atoms with Crippen LogP contribution in [0.1, 0.15) is 49.3 Å². The molecule has 40 heavy (non-hydrogen) atoms. The summed E-state index contributed by atoms with van der Waals surface area (Å²) < 4.78 is 27.1. The molecular weight excluding hydrogens is 522 g/mol. The molecule has 0 aliphatic rings. The fourth-order valence-corrected chi connectivity index (χ4v) is 5.79. The smallest absolute Gasteiger partial charge is 0.243 e. The van der Waals surface area contributed by atoms with Crippen molar-refractivity contribution in [1.29, 1.82) is 0 Å². The normalized spacial score (nSPS) is 12.2. The van der Waals surface area contributed by atoms with Crippen LogP contribution >= 0.6 is 0 Å². The molecule has 0 saturated carbocycles. The lowest BCUT2D eigenvalue weighted by Gasteiger charge is -2.32. The predicted octanol–water partition coefficient (Wildman–Crippen LogP) is 4.95. The van der Waals surface area contributed by atoms with Crippen molar-refractivity contribution >= 4 is 21.8 Å².